The van der Waals surface area contributed by atoms with Crippen LogP contribution < -0.4 is 5.32 Å². The van der Waals surface area contributed by atoms with E-state index in [1.807, 2.05) is 0 Å². The molecule has 1 N–H and O–H groups in total. The largest absolute Gasteiger partial charge is 0.314 e. The monoisotopic (exact) mass is 172 g/mol. The standard InChI is InChI=1S/C10H22N2.H2/c1-4-10(11-3)6-8-12(5-2)9-7-10;/h11H,4-9H2,1-3H3;1H. The van der Waals surface area contributed by atoms with Crippen molar-refractivity contribution in [2.75, 3.05) is 26.7 Å². The minimum absolute atomic E-state index is 0. The summed E-state index contributed by atoms with van der Waals surface area (Å²) in [5.41, 5.74) is 0.450. The van der Waals surface area contributed by atoms with Gasteiger partial charge in [-0.25, -0.2) is 0 Å². The molecular weight excluding hydrogens is 148 g/mol. The lowest BCUT2D eigenvalue weighted by Crippen LogP contribution is -2.51. The summed E-state index contributed by atoms with van der Waals surface area (Å²) in [6.45, 7) is 8.29. The third-order valence-corrected chi connectivity index (χ3v) is 3.47. The van der Waals surface area contributed by atoms with Crippen LogP contribution in [0.1, 0.15) is 34.5 Å². The first-order chi connectivity index (χ1) is 5.76. The predicted molar refractivity (Wildman–Crippen MR) is 55.5 cm³/mol. The third-order valence-electron chi connectivity index (χ3n) is 3.47. The van der Waals surface area contributed by atoms with Crippen LogP contribution in [0.4, 0.5) is 0 Å². The van der Waals surface area contributed by atoms with Gasteiger partial charge >= 0.3 is 0 Å². The fraction of sp³-hybridized carbons (Fsp3) is 1.00. The number of hydrogen-bond donors (Lipinski definition) is 1. The predicted octanol–water partition coefficient (Wildman–Crippen LogP) is 1.72. The molecular formula is C10H24N2. The molecule has 0 bridgehead atoms. The molecule has 12 heavy (non-hydrogen) atoms. The summed E-state index contributed by atoms with van der Waals surface area (Å²) in [5, 5.41) is 3.49. The van der Waals surface area contributed by atoms with Gasteiger partial charge in [0, 0.05) is 6.97 Å². The minimum Gasteiger partial charge on any atom is -0.314 e. The second-order valence-electron chi connectivity index (χ2n) is 3.82. The van der Waals surface area contributed by atoms with Crippen molar-refractivity contribution in [1.29, 1.82) is 0 Å². The summed E-state index contributed by atoms with van der Waals surface area (Å²) in [7, 11) is 2.10. The van der Waals surface area contributed by atoms with Gasteiger partial charge in [0.25, 0.3) is 0 Å². The first-order valence-electron chi connectivity index (χ1n) is 5.17. The smallest absolute Gasteiger partial charge is 0.0200 e. The zero-order valence-electron chi connectivity index (χ0n) is 8.69. The highest BCUT2D eigenvalue weighted by atomic mass is 15.1. The summed E-state index contributed by atoms with van der Waals surface area (Å²) in [5.74, 6) is 0. The van der Waals surface area contributed by atoms with Crippen LogP contribution in [0.2, 0.25) is 0 Å². The van der Waals surface area contributed by atoms with Gasteiger partial charge in [-0.2, -0.15) is 0 Å². The Morgan fingerprint density at radius 1 is 1.33 bits per heavy atom. The maximum Gasteiger partial charge on any atom is 0.0200 e. The lowest BCUT2D eigenvalue weighted by atomic mass is 9.85. The zero-order chi connectivity index (χ0) is 9.03. The van der Waals surface area contributed by atoms with Crippen molar-refractivity contribution in [3.8, 4) is 0 Å². The quantitative estimate of drug-likeness (QED) is 0.697. The maximum absolute atomic E-state index is 3.49. The molecule has 0 atom stereocenters. The molecule has 2 heteroatoms. The van der Waals surface area contributed by atoms with Gasteiger partial charge in [-0.05, 0) is 45.9 Å². The molecule has 0 aromatic carbocycles. The van der Waals surface area contributed by atoms with Gasteiger partial charge in [-0.1, -0.05) is 13.8 Å². The minimum atomic E-state index is 0. The van der Waals surface area contributed by atoms with Crippen molar-refractivity contribution in [2.24, 2.45) is 0 Å². The molecule has 2 nitrogen and oxygen atoms in total. The van der Waals surface area contributed by atoms with Crippen LogP contribution in [0, 0.1) is 0 Å². The van der Waals surface area contributed by atoms with Crippen LogP contribution >= 0.6 is 0 Å². The highest BCUT2D eigenvalue weighted by Crippen LogP contribution is 2.24. The fourth-order valence-electron chi connectivity index (χ4n) is 2.08. The van der Waals surface area contributed by atoms with Gasteiger partial charge in [0.1, 0.15) is 0 Å². The Bertz CT molecular complexity index is 125. The Kier molecular flexibility index (Phi) is 3.53. The molecule has 0 aromatic rings. The van der Waals surface area contributed by atoms with E-state index in [0.717, 1.165) is 0 Å². The van der Waals surface area contributed by atoms with E-state index in [0.29, 0.717) is 5.54 Å². The van der Waals surface area contributed by atoms with E-state index < -0.39 is 0 Å². The molecule has 1 heterocycles. The highest BCUT2D eigenvalue weighted by molar-refractivity contribution is 4.90. The summed E-state index contributed by atoms with van der Waals surface area (Å²) < 4.78 is 0. The second-order valence-corrected chi connectivity index (χ2v) is 3.82. The van der Waals surface area contributed by atoms with Crippen LogP contribution in [0.3, 0.4) is 0 Å². The van der Waals surface area contributed by atoms with Crippen molar-refractivity contribution in [1.82, 2.24) is 10.2 Å². The number of piperidine rings is 1. The average Bonchev–Trinajstić information content (AvgIpc) is 2.18. The number of hydrogen-bond acceptors (Lipinski definition) is 2. The molecule has 0 unspecified atom stereocenters. The number of nitrogens with one attached hydrogen (secondary N) is 1. The lowest BCUT2D eigenvalue weighted by Gasteiger charge is -2.41. The topological polar surface area (TPSA) is 15.3 Å². The first-order valence-corrected chi connectivity index (χ1v) is 5.17. The molecule has 0 radical (unpaired) electrons. The number of rotatable bonds is 3. The molecule has 1 fully saturated rings. The fourth-order valence-corrected chi connectivity index (χ4v) is 2.08. The molecule has 74 valence electrons. The molecule has 0 aliphatic carbocycles. The molecule has 0 amide bonds. The summed E-state index contributed by atoms with van der Waals surface area (Å²) in [4.78, 5) is 2.53. The van der Waals surface area contributed by atoms with Crippen molar-refractivity contribution in [2.45, 2.75) is 38.6 Å². The molecule has 0 spiro atoms. The van der Waals surface area contributed by atoms with Crippen molar-refractivity contribution in [3.63, 3.8) is 0 Å². The highest BCUT2D eigenvalue weighted by Gasteiger charge is 2.30. The van der Waals surface area contributed by atoms with Crippen molar-refractivity contribution < 1.29 is 1.43 Å². The first kappa shape index (κ1) is 10.0. The van der Waals surface area contributed by atoms with E-state index in [4.69, 9.17) is 0 Å². The normalized spacial score (nSPS) is 24.2. The van der Waals surface area contributed by atoms with Gasteiger partial charge in [0.05, 0.1) is 0 Å². The van der Waals surface area contributed by atoms with Gasteiger partial charge in [-0.15, -0.1) is 0 Å². The number of likely N-dealkylation sites (tertiary alicyclic amines) is 1. The second kappa shape index (κ2) is 4.24. The van der Waals surface area contributed by atoms with E-state index >= 15 is 0 Å². The summed E-state index contributed by atoms with van der Waals surface area (Å²) >= 11 is 0. The van der Waals surface area contributed by atoms with Crippen LogP contribution in [-0.4, -0.2) is 37.1 Å². The van der Waals surface area contributed by atoms with Crippen molar-refractivity contribution >= 4 is 0 Å². The van der Waals surface area contributed by atoms with Crippen LogP contribution in [0.25, 0.3) is 0 Å². The van der Waals surface area contributed by atoms with Crippen LogP contribution in [-0.2, 0) is 0 Å². The van der Waals surface area contributed by atoms with E-state index in [1.54, 1.807) is 0 Å². The third kappa shape index (κ3) is 1.99. The van der Waals surface area contributed by atoms with Gasteiger partial charge in [-0.3, -0.25) is 0 Å². The Morgan fingerprint density at radius 2 is 1.92 bits per heavy atom. The van der Waals surface area contributed by atoms with E-state index in [9.17, 15) is 0 Å². The number of nitrogens with zero attached hydrogens (tertiary/aromatic N) is 1. The van der Waals surface area contributed by atoms with Crippen LogP contribution in [0.15, 0.2) is 0 Å². The Morgan fingerprint density at radius 3 is 2.25 bits per heavy atom. The zero-order valence-corrected chi connectivity index (χ0v) is 8.69. The van der Waals surface area contributed by atoms with Crippen molar-refractivity contribution in [3.05, 3.63) is 0 Å². The Balaban J connectivity index is 0.00000144. The summed E-state index contributed by atoms with van der Waals surface area (Å²) in [6, 6.07) is 0. The average molecular weight is 172 g/mol. The van der Waals surface area contributed by atoms with Gasteiger partial charge < -0.3 is 10.2 Å². The Hall–Kier alpha value is -0.0800. The Labute approximate surface area is 77.8 Å². The molecule has 0 aromatic heterocycles. The molecule has 1 aliphatic rings. The van der Waals surface area contributed by atoms with E-state index in [2.05, 4.69) is 31.1 Å². The molecule has 0 saturated carbocycles. The molecule has 1 rings (SSSR count). The molecule has 1 saturated heterocycles. The molecule has 1 aliphatic heterocycles. The van der Waals surface area contributed by atoms with E-state index in [1.165, 1.54) is 38.9 Å². The van der Waals surface area contributed by atoms with E-state index in [-0.39, 0.29) is 1.43 Å². The lowest BCUT2D eigenvalue weighted by molar-refractivity contribution is 0.142. The maximum atomic E-state index is 3.49. The SMILES string of the molecule is CCN1CCC(CC)(NC)CC1.[HH]. The van der Waals surface area contributed by atoms with Crippen LogP contribution in [0.5, 0.6) is 0 Å². The summed E-state index contributed by atoms with van der Waals surface area (Å²) in [6.07, 6.45) is 3.89. The van der Waals surface area contributed by atoms with Gasteiger partial charge in [0.15, 0.2) is 0 Å². The van der Waals surface area contributed by atoms with Gasteiger partial charge in [0.2, 0.25) is 0 Å².